The number of carbonyl (C=O) groups is 2. The van der Waals surface area contributed by atoms with E-state index in [1.165, 1.54) is 0 Å². The van der Waals surface area contributed by atoms with Gasteiger partial charge in [0.2, 0.25) is 11.8 Å². The third kappa shape index (κ3) is 5.79. The van der Waals surface area contributed by atoms with Crippen LogP contribution in [0.3, 0.4) is 0 Å². The number of amides is 2. The molecule has 8 heteroatoms. The molecule has 0 unspecified atom stereocenters. The van der Waals surface area contributed by atoms with Gasteiger partial charge in [0.15, 0.2) is 0 Å². The molecule has 0 aliphatic carbocycles. The third-order valence-electron chi connectivity index (χ3n) is 5.24. The molecule has 0 aliphatic heterocycles. The van der Waals surface area contributed by atoms with Crippen LogP contribution in [0.2, 0.25) is 0 Å². The van der Waals surface area contributed by atoms with Gasteiger partial charge in [-0.3, -0.25) is 19.3 Å². The van der Waals surface area contributed by atoms with Gasteiger partial charge in [-0.05, 0) is 50.6 Å². The predicted molar refractivity (Wildman–Crippen MR) is 126 cm³/mol. The minimum Gasteiger partial charge on any atom is -0.346 e. The summed E-state index contributed by atoms with van der Waals surface area (Å²) in [4.78, 5) is 46.1. The zero-order valence-electron chi connectivity index (χ0n) is 18.9. The molecule has 0 aliphatic rings. The smallest absolute Gasteiger partial charge is 0.258 e. The van der Waals surface area contributed by atoms with E-state index in [1.807, 2.05) is 50.8 Å². The van der Waals surface area contributed by atoms with E-state index < -0.39 is 0 Å². The standard InChI is InChI=1S/C24H29N5O3/c1-5-29(13-20-26-19-9-7-6-8-18(19)24(32)27-20)14-22(31)25-12-21(30)28-23-16(3)10-15(2)11-17(23)4/h6-11H,5,12-14H2,1-4H3,(H,25,31)(H,28,30)(H,26,27,32). The Morgan fingerprint density at radius 3 is 2.44 bits per heavy atom. The number of nitrogens with zero attached hydrogens (tertiary/aromatic N) is 2. The van der Waals surface area contributed by atoms with E-state index in [0.717, 1.165) is 22.4 Å². The quantitative estimate of drug-likeness (QED) is 0.504. The van der Waals surface area contributed by atoms with Crippen LogP contribution in [0.1, 0.15) is 29.4 Å². The normalized spacial score (nSPS) is 11.0. The molecule has 0 saturated carbocycles. The van der Waals surface area contributed by atoms with Crippen LogP contribution in [-0.4, -0.2) is 46.3 Å². The highest BCUT2D eigenvalue weighted by molar-refractivity contribution is 5.96. The number of nitrogens with one attached hydrogen (secondary N) is 3. The molecule has 0 radical (unpaired) electrons. The first-order chi connectivity index (χ1) is 15.3. The fourth-order valence-electron chi connectivity index (χ4n) is 3.70. The Morgan fingerprint density at radius 2 is 1.75 bits per heavy atom. The number of carbonyl (C=O) groups excluding carboxylic acids is 2. The lowest BCUT2D eigenvalue weighted by molar-refractivity contribution is -0.125. The van der Waals surface area contributed by atoms with Gasteiger partial charge in [-0.1, -0.05) is 36.8 Å². The molecule has 3 N–H and O–H groups in total. The molecule has 3 aromatic rings. The number of fused-ring (bicyclic) bond motifs is 1. The highest BCUT2D eigenvalue weighted by Crippen LogP contribution is 2.21. The number of rotatable bonds is 8. The van der Waals surface area contributed by atoms with Crippen LogP contribution in [0.4, 0.5) is 5.69 Å². The minimum absolute atomic E-state index is 0.0862. The fraction of sp³-hybridized carbons (Fsp3) is 0.333. The molecular formula is C24H29N5O3. The number of hydrogen-bond acceptors (Lipinski definition) is 5. The summed E-state index contributed by atoms with van der Waals surface area (Å²) in [5, 5.41) is 6.06. The number of likely N-dealkylation sites (N-methyl/N-ethyl adjacent to an activating group) is 1. The van der Waals surface area contributed by atoms with E-state index >= 15 is 0 Å². The van der Waals surface area contributed by atoms with Crippen LogP contribution in [0.5, 0.6) is 0 Å². The molecule has 0 fully saturated rings. The summed E-state index contributed by atoms with van der Waals surface area (Å²) in [6.07, 6.45) is 0. The molecule has 8 nitrogen and oxygen atoms in total. The second-order valence-corrected chi connectivity index (χ2v) is 7.93. The average Bonchev–Trinajstić information content (AvgIpc) is 2.74. The zero-order chi connectivity index (χ0) is 23.3. The molecule has 3 rings (SSSR count). The average molecular weight is 436 g/mol. The zero-order valence-corrected chi connectivity index (χ0v) is 18.9. The Morgan fingerprint density at radius 1 is 1.06 bits per heavy atom. The first-order valence-electron chi connectivity index (χ1n) is 10.6. The van der Waals surface area contributed by atoms with Crippen molar-refractivity contribution in [1.29, 1.82) is 0 Å². The lowest BCUT2D eigenvalue weighted by Crippen LogP contribution is -2.40. The number of aromatic nitrogens is 2. The predicted octanol–water partition coefficient (Wildman–Crippen LogP) is 2.43. The SMILES string of the molecule is CCN(CC(=O)NCC(=O)Nc1c(C)cc(C)cc1C)Cc1nc2ccccc2c(=O)[nH]1. The Hall–Kier alpha value is -3.52. The molecule has 0 spiro atoms. The molecule has 1 heterocycles. The van der Waals surface area contributed by atoms with Gasteiger partial charge in [-0.25, -0.2) is 4.98 Å². The summed E-state index contributed by atoms with van der Waals surface area (Å²) in [5.41, 5.74) is 4.28. The number of H-pyrrole nitrogens is 1. The van der Waals surface area contributed by atoms with Crippen molar-refractivity contribution in [2.45, 2.75) is 34.2 Å². The van der Waals surface area contributed by atoms with Crippen molar-refractivity contribution < 1.29 is 9.59 Å². The number of aromatic amines is 1. The Bertz CT molecular complexity index is 1180. The summed E-state index contributed by atoms with van der Waals surface area (Å²) in [5.74, 6) is -0.0640. The highest BCUT2D eigenvalue weighted by Gasteiger charge is 2.14. The number of aryl methyl sites for hydroxylation is 3. The van der Waals surface area contributed by atoms with E-state index in [1.54, 1.807) is 18.2 Å². The van der Waals surface area contributed by atoms with Crippen molar-refractivity contribution in [2.24, 2.45) is 0 Å². The van der Waals surface area contributed by atoms with Crippen molar-refractivity contribution in [3.63, 3.8) is 0 Å². The van der Waals surface area contributed by atoms with Gasteiger partial charge in [-0.15, -0.1) is 0 Å². The van der Waals surface area contributed by atoms with Gasteiger partial charge < -0.3 is 15.6 Å². The van der Waals surface area contributed by atoms with Crippen LogP contribution in [0, 0.1) is 20.8 Å². The lowest BCUT2D eigenvalue weighted by atomic mass is 10.1. The van der Waals surface area contributed by atoms with E-state index in [4.69, 9.17) is 0 Å². The van der Waals surface area contributed by atoms with Gasteiger partial charge in [-0.2, -0.15) is 0 Å². The van der Waals surface area contributed by atoms with Gasteiger partial charge in [0.1, 0.15) is 5.82 Å². The molecule has 32 heavy (non-hydrogen) atoms. The molecular weight excluding hydrogens is 406 g/mol. The van der Waals surface area contributed by atoms with Crippen molar-refractivity contribution in [3.8, 4) is 0 Å². The van der Waals surface area contributed by atoms with Gasteiger partial charge >= 0.3 is 0 Å². The summed E-state index contributed by atoms with van der Waals surface area (Å²) >= 11 is 0. The molecule has 0 bridgehead atoms. The summed E-state index contributed by atoms with van der Waals surface area (Å²) in [6.45, 7) is 8.68. The van der Waals surface area contributed by atoms with Crippen LogP contribution in [0.15, 0.2) is 41.2 Å². The van der Waals surface area contributed by atoms with E-state index in [0.29, 0.717) is 29.8 Å². The molecule has 168 valence electrons. The first-order valence-corrected chi connectivity index (χ1v) is 10.6. The van der Waals surface area contributed by atoms with Crippen molar-refractivity contribution >= 4 is 28.4 Å². The van der Waals surface area contributed by atoms with Crippen molar-refractivity contribution in [2.75, 3.05) is 25.0 Å². The fourth-order valence-corrected chi connectivity index (χ4v) is 3.70. The lowest BCUT2D eigenvalue weighted by Gasteiger charge is -2.19. The Labute approximate surface area is 187 Å². The minimum atomic E-state index is -0.281. The maximum Gasteiger partial charge on any atom is 0.258 e. The monoisotopic (exact) mass is 435 g/mol. The van der Waals surface area contributed by atoms with Crippen LogP contribution in [-0.2, 0) is 16.1 Å². The summed E-state index contributed by atoms with van der Waals surface area (Å²) in [7, 11) is 0. The van der Waals surface area contributed by atoms with Gasteiger partial charge in [0, 0.05) is 5.69 Å². The number of hydrogen-bond donors (Lipinski definition) is 3. The highest BCUT2D eigenvalue weighted by atomic mass is 16.2. The molecule has 2 amide bonds. The van der Waals surface area contributed by atoms with E-state index in [-0.39, 0.29) is 30.5 Å². The van der Waals surface area contributed by atoms with Gasteiger partial charge in [0.05, 0.1) is 30.5 Å². The van der Waals surface area contributed by atoms with Crippen molar-refractivity contribution in [1.82, 2.24) is 20.2 Å². The van der Waals surface area contributed by atoms with Crippen LogP contribution in [0.25, 0.3) is 10.9 Å². The van der Waals surface area contributed by atoms with Crippen LogP contribution >= 0.6 is 0 Å². The van der Waals surface area contributed by atoms with Crippen LogP contribution < -0.4 is 16.2 Å². The largest absolute Gasteiger partial charge is 0.346 e. The van der Waals surface area contributed by atoms with Gasteiger partial charge in [0.25, 0.3) is 5.56 Å². The third-order valence-corrected chi connectivity index (χ3v) is 5.24. The molecule has 2 aromatic carbocycles. The maximum absolute atomic E-state index is 12.4. The van der Waals surface area contributed by atoms with E-state index in [2.05, 4.69) is 20.6 Å². The maximum atomic E-state index is 12.4. The second-order valence-electron chi connectivity index (χ2n) is 7.93. The number of anilines is 1. The Kier molecular flexibility index (Phi) is 7.37. The first kappa shape index (κ1) is 23.1. The van der Waals surface area contributed by atoms with Crippen molar-refractivity contribution in [3.05, 3.63) is 69.3 Å². The summed E-state index contributed by atoms with van der Waals surface area (Å²) in [6, 6.07) is 11.1. The molecule has 1 aromatic heterocycles. The molecule has 0 saturated heterocycles. The Balaban J connectivity index is 1.55. The number of para-hydroxylation sites is 1. The topological polar surface area (TPSA) is 107 Å². The van der Waals surface area contributed by atoms with E-state index in [9.17, 15) is 14.4 Å². The second kappa shape index (κ2) is 10.2. The summed E-state index contributed by atoms with van der Waals surface area (Å²) < 4.78 is 0. The number of benzene rings is 2. The molecule has 0 atom stereocenters.